The predicted octanol–water partition coefficient (Wildman–Crippen LogP) is 3.84. The molecule has 1 heterocycles. The first-order chi connectivity index (χ1) is 12.5. The van der Waals surface area contributed by atoms with E-state index >= 15 is 0 Å². The lowest BCUT2D eigenvalue weighted by atomic mass is 10.2. The van der Waals surface area contributed by atoms with Crippen LogP contribution in [0, 0.1) is 0 Å². The number of nitrogens with zero attached hydrogens (tertiary/aromatic N) is 1. The number of amides is 1. The number of anilines is 1. The number of nitrogens with one attached hydrogen (secondary N) is 1. The maximum atomic E-state index is 12.5. The summed E-state index contributed by atoms with van der Waals surface area (Å²) in [5.41, 5.74) is 1.19. The van der Waals surface area contributed by atoms with Crippen molar-refractivity contribution in [2.24, 2.45) is 0 Å². The molecule has 1 amide bonds. The lowest BCUT2D eigenvalue weighted by Crippen LogP contribution is -2.27. The second kappa shape index (κ2) is 8.24. The molecular weight excluding hydrogens is 368 g/mol. The normalized spacial score (nSPS) is 15.1. The minimum atomic E-state index is -3.46. The SMILES string of the molecule is CCSc1ccccc1NC(=O)c1ccc(S(=O)(=O)N2CCCC2)cc1. The highest BCUT2D eigenvalue weighted by Gasteiger charge is 2.27. The molecule has 7 heteroatoms. The van der Waals surface area contributed by atoms with Crippen molar-refractivity contribution < 1.29 is 13.2 Å². The second-order valence-corrected chi connectivity index (χ2v) is 9.26. The number of sulfonamides is 1. The highest BCUT2D eigenvalue weighted by molar-refractivity contribution is 7.99. The van der Waals surface area contributed by atoms with E-state index in [-0.39, 0.29) is 10.8 Å². The summed E-state index contributed by atoms with van der Waals surface area (Å²) in [4.78, 5) is 13.8. The Bertz CT molecular complexity index is 874. The molecule has 0 aliphatic carbocycles. The molecule has 0 atom stereocenters. The topological polar surface area (TPSA) is 66.5 Å². The smallest absolute Gasteiger partial charge is 0.255 e. The fourth-order valence-electron chi connectivity index (χ4n) is 2.90. The molecule has 138 valence electrons. The standard InChI is InChI=1S/C19H22N2O3S2/c1-2-25-18-8-4-3-7-17(18)20-19(22)15-9-11-16(12-10-15)26(23,24)21-13-5-6-14-21/h3-4,7-12H,2,5-6,13-14H2,1H3,(H,20,22). The predicted molar refractivity (Wildman–Crippen MR) is 105 cm³/mol. The van der Waals surface area contributed by atoms with Crippen LogP contribution in [0.4, 0.5) is 5.69 Å². The van der Waals surface area contributed by atoms with Gasteiger partial charge in [-0.3, -0.25) is 4.79 Å². The van der Waals surface area contributed by atoms with Crippen molar-refractivity contribution in [2.75, 3.05) is 24.2 Å². The van der Waals surface area contributed by atoms with E-state index in [1.165, 1.54) is 16.4 Å². The van der Waals surface area contributed by atoms with Gasteiger partial charge in [0.15, 0.2) is 0 Å². The Morgan fingerprint density at radius 3 is 2.38 bits per heavy atom. The first-order valence-corrected chi connectivity index (χ1v) is 11.1. The van der Waals surface area contributed by atoms with Gasteiger partial charge in [-0.15, -0.1) is 11.8 Å². The number of benzene rings is 2. The van der Waals surface area contributed by atoms with Crippen molar-refractivity contribution in [3.63, 3.8) is 0 Å². The Hall–Kier alpha value is -1.83. The highest BCUT2D eigenvalue weighted by atomic mass is 32.2. The number of thioether (sulfide) groups is 1. The summed E-state index contributed by atoms with van der Waals surface area (Å²) in [6, 6.07) is 13.8. The summed E-state index contributed by atoms with van der Waals surface area (Å²) in [5.74, 6) is 0.662. The van der Waals surface area contributed by atoms with E-state index in [1.54, 1.807) is 23.9 Å². The van der Waals surface area contributed by atoms with Gasteiger partial charge in [-0.2, -0.15) is 4.31 Å². The molecule has 0 aromatic heterocycles. The van der Waals surface area contributed by atoms with Crippen molar-refractivity contribution in [1.82, 2.24) is 4.31 Å². The molecule has 2 aromatic carbocycles. The number of carbonyl (C=O) groups is 1. The number of rotatable bonds is 6. The first-order valence-electron chi connectivity index (χ1n) is 8.66. The van der Waals surface area contributed by atoms with E-state index in [4.69, 9.17) is 0 Å². The van der Waals surface area contributed by atoms with E-state index in [2.05, 4.69) is 12.2 Å². The third kappa shape index (κ3) is 4.11. The zero-order chi connectivity index (χ0) is 18.6. The molecular formula is C19H22N2O3S2. The van der Waals surface area contributed by atoms with Gasteiger partial charge in [-0.25, -0.2) is 8.42 Å². The van der Waals surface area contributed by atoms with Crippen LogP contribution in [-0.4, -0.2) is 37.5 Å². The lowest BCUT2D eigenvalue weighted by Gasteiger charge is -2.15. The van der Waals surface area contributed by atoms with Crippen molar-refractivity contribution >= 4 is 33.4 Å². The Kier molecular flexibility index (Phi) is 6.01. The zero-order valence-electron chi connectivity index (χ0n) is 14.6. The van der Waals surface area contributed by atoms with E-state index in [0.717, 1.165) is 29.2 Å². The van der Waals surface area contributed by atoms with Crippen LogP contribution in [0.3, 0.4) is 0 Å². The van der Waals surface area contributed by atoms with Crippen LogP contribution in [0.2, 0.25) is 0 Å². The summed E-state index contributed by atoms with van der Waals surface area (Å²) in [7, 11) is -3.46. The van der Waals surface area contributed by atoms with Gasteiger partial charge in [0, 0.05) is 23.5 Å². The Balaban J connectivity index is 1.75. The van der Waals surface area contributed by atoms with Gasteiger partial charge in [0.05, 0.1) is 10.6 Å². The zero-order valence-corrected chi connectivity index (χ0v) is 16.3. The fraction of sp³-hybridized carbons (Fsp3) is 0.316. The monoisotopic (exact) mass is 390 g/mol. The molecule has 1 N–H and O–H groups in total. The van der Waals surface area contributed by atoms with Crippen LogP contribution in [0.5, 0.6) is 0 Å². The summed E-state index contributed by atoms with van der Waals surface area (Å²) < 4.78 is 26.6. The molecule has 0 spiro atoms. The summed E-state index contributed by atoms with van der Waals surface area (Å²) in [5, 5.41) is 2.91. The quantitative estimate of drug-likeness (QED) is 0.761. The molecule has 3 rings (SSSR count). The molecule has 1 saturated heterocycles. The van der Waals surface area contributed by atoms with Gasteiger partial charge in [-0.1, -0.05) is 19.1 Å². The third-order valence-electron chi connectivity index (χ3n) is 4.25. The molecule has 26 heavy (non-hydrogen) atoms. The largest absolute Gasteiger partial charge is 0.321 e. The minimum Gasteiger partial charge on any atom is -0.321 e. The first kappa shape index (κ1) is 18.9. The Labute approximate surface area is 158 Å². The van der Waals surface area contributed by atoms with Gasteiger partial charge in [0.2, 0.25) is 10.0 Å². The van der Waals surface area contributed by atoms with Crippen LogP contribution in [0.1, 0.15) is 30.1 Å². The highest BCUT2D eigenvalue weighted by Crippen LogP contribution is 2.27. The van der Waals surface area contributed by atoms with Crippen molar-refractivity contribution in [1.29, 1.82) is 0 Å². The van der Waals surface area contributed by atoms with E-state index in [0.29, 0.717) is 18.7 Å². The van der Waals surface area contributed by atoms with Crippen LogP contribution in [0.25, 0.3) is 0 Å². The van der Waals surface area contributed by atoms with Crippen molar-refractivity contribution in [3.8, 4) is 0 Å². The summed E-state index contributed by atoms with van der Waals surface area (Å²) in [6.07, 6.45) is 1.80. The fourth-order valence-corrected chi connectivity index (χ4v) is 5.18. The van der Waals surface area contributed by atoms with Crippen molar-refractivity contribution in [3.05, 3.63) is 54.1 Å². The summed E-state index contributed by atoms with van der Waals surface area (Å²) in [6.45, 7) is 3.19. The summed E-state index contributed by atoms with van der Waals surface area (Å²) >= 11 is 1.66. The average molecular weight is 391 g/mol. The molecule has 1 aliphatic rings. The number of carbonyl (C=O) groups excluding carboxylic acids is 1. The second-order valence-electron chi connectivity index (χ2n) is 6.02. The van der Waals surface area contributed by atoms with Crippen LogP contribution in [-0.2, 0) is 10.0 Å². The Morgan fingerprint density at radius 1 is 1.08 bits per heavy atom. The Morgan fingerprint density at radius 2 is 1.73 bits per heavy atom. The van der Waals surface area contributed by atoms with Gasteiger partial charge in [0.1, 0.15) is 0 Å². The van der Waals surface area contributed by atoms with Crippen LogP contribution in [0.15, 0.2) is 58.3 Å². The van der Waals surface area contributed by atoms with Gasteiger partial charge >= 0.3 is 0 Å². The number of hydrogen-bond acceptors (Lipinski definition) is 4. The van der Waals surface area contributed by atoms with Crippen LogP contribution >= 0.6 is 11.8 Å². The molecule has 0 bridgehead atoms. The minimum absolute atomic E-state index is 0.234. The van der Waals surface area contributed by atoms with Gasteiger partial charge < -0.3 is 5.32 Å². The van der Waals surface area contributed by atoms with Crippen LogP contribution < -0.4 is 5.32 Å². The molecule has 1 fully saturated rings. The molecule has 2 aromatic rings. The number of hydrogen-bond donors (Lipinski definition) is 1. The third-order valence-corrected chi connectivity index (χ3v) is 7.12. The van der Waals surface area contributed by atoms with E-state index in [9.17, 15) is 13.2 Å². The van der Waals surface area contributed by atoms with E-state index < -0.39 is 10.0 Å². The van der Waals surface area contributed by atoms with Crippen molar-refractivity contribution in [2.45, 2.75) is 29.6 Å². The molecule has 1 aliphatic heterocycles. The molecule has 0 saturated carbocycles. The molecule has 0 radical (unpaired) electrons. The van der Waals surface area contributed by atoms with Gasteiger partial charge in [-0.05, 0) is 55.0 Å². The molecule has 5 nitrogen and oxygen atoms in total. The lowest BCUT2D eigenvalue weighted by molar-refractivity contribution is 0.102. The molecule has 0 unspecified atom stereocenters. The maximum Gasteiger partial charge on any atom is 0.255 e. The maximum absolute atomic E-state index is 12.5. The van der Waals surface area contributed by atoms with Gasteiger partial charge in [0.25, 0.3) is 5.91 Å². The van der Waals surface area contributed by atoms with E-state index in [1.807, 2.05) is 24.3 Å². The average Bonchev–Trinajstić information content (AvgIpc) is 3.19. The number of para-hydroxylation sites is 1.